The SMILES string of the molecule is CCOC(=O)C(NC(=O)OC)C1C[C@@H]2C[C@@H]2C1. The van der Waals surface area contributed by atoms with Gasteiger partial charge in [-0.15, -0.1) is 0 Å². The third kappa shape index (κ3) is 2.70. The van der Waals surface area contributed by atoms with Crippen molar-refractivity contribution in [1.82, 2.24) is 5.32 Å². The summed E-state index contributed by atoms with van der Waals surface area (Å²) >= 11 is 0. The maximum absolute atomic E-state index is 11.8. The molecular weight excluding hydrogens is 222 g/mol. The number of fused-ring (bicyclic) bond motifs is 1. The van der Waals surface area contributed by atoms with Crippen molar-refractivity contribution < 1.29 is 19.1 Å². The standard InChI is InChI=1S/C12H19NO4/c1-3-17-11(14)10(13-12(15)16-2)9-5-7-4-8(7)6-9/h7-10H,3-6H2,1-2H3,(H,13,15)/t7-,8+,9?,10?. The van der Waals surface area contributed by atoms with Gasteiger partial charge >= 0.3 is 12.1 Å². The van der Waals surface area contributed by atoms with Crippen LogP contribution in [0.15, 0.2) is 0 Å². The van der Waals surface area contributed by atoms with Crippen LogP contribution in [0.3, 0.4) is 0 Å². The fourth-order valence-electron chi connectivity index (χ4n) is 2.82. The number of hydrogen-bond acceptors (Lipinski definition) is 4. The Morgan fingerprint density at radius 3 is 2.47 bits per heavy atom. The molecule has 1 amide bonds. The van der Waals surface area contributed by atoms with Gasteiger partial charge < -0.3 is 14.8 Å². The lowest BCUT2D eigenvalue weighted by atomic mass is 9.94. The Morgan fingerprint density at radius 2 is 1.94 bits per heavy atom. The molecule has 0 aromatic rings. The van der Waals surface area contributed by atoms with Crippen LogP contribution in [0.1, 0.15) is 26.2 Å². The van der Waals surface area contributed by atoms with E-state index in [0.29, 0.717) is 6.61 Å². The van der Waals surface area contributed by atoms with E-state index in [1.807, 2.05) is 0 Å². The minimum absolute atomic E-state index is 0.205. The van der Waals surface area contributed by atoms with Crippen molar-refractivity contribution in [2.45, 2.75) is 32.2 Å². The Hall–Kier alpha value is -1.26. The summed E-state index contributed by atoms with van der Waals surface area (Å²) in [5.41, 5.74) is 0. The monoisotopic (exact) mass is 241 g/mol. The smallest absolute Gasteiger partial charge is 0.407 e. The first-order valence-electron chi connectivity index (χ1n) is 6.16. The molecule has 0 aliphatic heterocycles. The Labute approximate surface area is 101 Å². The van der Waals surface area contributed by atoms with Gasteiger partial charge in [0.2, 0.25) is 0 Å². The molecule has 0 bridgehead atoms. The van der Waals surface area contributed by atoms with Gasteiger partial charge in [0.25, 0.3) is 0 Å². The summed E-state index contributed by atoms with van der Waals surface area (Å²) < 4.78 is 9.55. The Morgan fingerprint density at radius 1 is 1.29 bits per heavy atom. The number of hydrogen-bond donors (Lipinski definition) is 1. The van der Waals surface area contributed by atoms with E-state index in [2.05, 4.69) is 10.1 Å². The molecule has 2 fully saturated rings. The van der Waals surface area contributed by atoms with Crippen LogP contribution in [-0.4, -0.2) is 31.8 Å². The van der Waals surface area contributed by atoms with Gasteiger partial charge in [-0.05, 0) is 43.9 Å². The predicted octanol–water partition coefficient (Wildman–Crippen LogP) is 1.32. The summed E-state index contributed by atoms with van der Waals surface area (Å²) in [5.74, 6) is 1.38. The van der Waals surface area contributed by atoms with Crippen LogP contribution in [0.4, 0.5) is 4.79 Å². The molecule has 4 atom stereocenters. The van der Waals surface area contributed by atoms with Crippen molar-refractivity contribution in [2.75, 3.05) is 13.7 Å². The maximum atomic E-state index is 11.8. The minimum Gasteiger partial charge on any atom is -0.464 e. The summed E-state index contributed by atoms with van der Waals surface area (Å²) in [7, 11) is 1.30. The van der Waals surface area contributed by atoms with Crippen molar-refractivity contribution in [3.05, 3.63) is 0 Å². The zero-order valence-electron chi connectivity index (χ0n) is 10.3. The van der Waals surface area contributed by atoms with Crippen LogP contribution >= 0.6 is 0 Å². The first-order chi connectivity index (χ1) is 8.15. The van der Waals surface area contributed by atoms with Crippen molar-refractivity contribution in [3.63, 3.8) is 0 Å². The summed E-state index contributed by atoms with van der Waals surface area (Å²) in [6.07, 6.45) is 2.74. The van der Waals surface area contributed by atoms with E-state index >= 15 is 0 Å². The van der Waals surface area contributed by atoms with Crippen LogP contribution in [0.5, 0.6) is 0 Å². The lowest BCUT2D eigenvalue weighted by molar-refractivity contribution is -0.147. The van der Waals surface area contributed by atoms with E-state index in [0.717, 1.165) is 24.7 Å². The first-order valence-corrected chi connectivity index (χ1v) is 6.16. The number of rotatable bonds is 4. The zero-order chi connectivity index (χ0) is 12.4. The lowest BCUT2D eigenvalue weighted by Crippen LogP contribution is -2.46. The number of carbonyl (C=O) groups excluding carboxylic acids is 2. The molecule has 0 aromatic heterocycles. The van der Waals surface area contributed by atoms with Crippen molar-refractivity contribution in [3.8, 4) is 0 Å². The van der Waals surface area contributed by atoms with Crippen molar-refractivity contribution in [2.24, 2.45) is 17.8 Å². The molecule has 5 heteroatoms. The van der Waals surface area contributed by atoms with Crippen molar-refractivity contribution >= 4 is 12.1 Å². The molecule has 2 aliphatic carbocycles. The summed E-state index contributed by atoms with van der Waals surface area (Å²) in [6.45, 7) is 2.09. The summed E-state index contributed by atoms with van der Waals surface area (Å²) in [4.78, 5) is 23.0. The molecule has 17 heavy (non-hydrogen) atoms. The van der Waals surface area contributed by atoms with E-state index < -0.39 is 12.1 Å². The van der Waals surface area contributed by atoms with Gasteiger partial charge in [-0.3, -0.25) is 0 Å². The third-order valence-electron chi connectivity index (χ3n) is 3.75. The van der Waals surface area contributed by atoms with Crippen LogP contribution < -0.4 is 5.32 Å². The Balaban J connectivity index is 1.95. The highest BCUT2D eigenvalue weighted by molar-refractivity contribution is 5.81. The Bertz CT molecular complexity index is 308. The topological polar surface area (TPSA) is 64.6 Å². The molecule has 0 spiro atoms. The lowest BCUT2D eigenvalue weighted by Gasteiger charge is -2.23. The molecular formula is C12H19NO4. The highest BCUT2D eigenvalue weighted by atomic mass is 16.5. The van der Waals surface area contributed by atoms with Gasteiger partial charge in [0.15, 0.2) is 0 Å². The molecule has 0 aromatic carbocycles. The van der Waals surface area contributed by atoms with Crippen LogP contribution in [-0.2, 0) is 14.3 Å². The Kier molecular flexibility index (Phi) is 3.54. The van der Waals surface area contributed by atoms with E-state index in [-0.39, 0.29) is 11.9 Å². The van der Waals surface area contributed by atoms with Gasteiger partial charge in [0, 0.05) is 0 Å². The van der Waals surface area contributed by atoms with E-state index in [1.54, 1.807) is 6.92 Å². The van der Waals surface area contributed by atoms with Gasteiger partial charge in [-0.25, -0.2) is 9.59 Å². The van der Waals surface area contributed by atoms with Crippen LogP contribution in [0, 0.1) is 17.8 Å². The number of nitrogens with one attached hydrogen (secondary N) is 1. The molecule has 2 rings (SSSR count). The highest BCUT2D eigenvalue weighted by Gasteiger charge is 2.50. The van der Waals surface area contributed by atoms with E-state index in [9.17, 15) is 9.59 Å². The molecule has 2 aliphatic rings. The second kappa shape index (κ2) is 4.94. The largest absolute Gasteiger partial charge is 0.464 e. The van der Waals surface area contributed by atoms with Crippen LogP contribution in [0.2, 0.25) is 0 Å². The minimum atomic E-state index is -0.566. The summed E-state index contributed by atoms with van der Waals surface area (Å²) in [6, 6.07) is -0.546. The highest BCUT2D eigenvalue weighted by Crippen LogP contribution is 2.55. The van der Waals surface area contributed by atoms with Gasteiger partial charge in [0.05, 0.1) is 13.7 Å². The van der Waals surface area contributed by atoms with Gasteiger partial charge in [-0.2, -0.15) is 0 Å². The molecule has 0 saturated heterocycles. The molecule has 0 heterocycles. The maximum Gasteiger partial charge on any atom is 0.407 e. The number of amides is 1. The quantitative estimate of drug-likeness (QED) is 0.754. The third-order valence-corrected chi connectivity index (χ3v) is 3.75. The van der Waals surface area contributed by atoms with Gasteiger partial charge in [0.1, 0.15) is 6.04 Å². The molecule has 96 valence electrons. The zero-order valence-corrected chi connectivity index (χ0v) is 10.3. The van der Waals surface area contributed by atoms with Crippen molar-refractivity contribution in [1.29, 1.82) is 0 Å². The average molecular weight is 241 g/mol. The predicted molar refractivity (Wildman–Crippen MR) is 60.3 cm³/mol. The average Bonchev–Trinajstić information content (AvgIpc) is 2.93. The van der Waals surface area contributed by atoms with E-state index in [4.69, 9.17) is 4.74 Å². The summed E-state index contributed by atoms with van der Waals surface area (Å²) in [5, 5.41) is 2.60. The van der Waals surface area contributed by atoms with Crippen LogP contribution in [0.25, 0.3) is 0 Å². The van der Waals surface area contributed by atoms with Gasteiger partial charge in [-0.1, -0.05) is 0 Å². The second-order valence-corrected chi connectivity index (χ2v) is 4.85. The molecule has 2 unspecified atom stereocenters. The number of alkyl carbamates (subject to hydrolysis) is 1. The first kappa shape index (κ1) is 12.2. The molecule has 2 saturated carbocycles. The molecule has 0 radical (unpaired) electrons. The second-order valence-electron chi connectivity index (χ2n) is 4.85. The number of ether oxygens (including phenoxy) is 2. The number of carbonyl (C=O) groups is 2. The fraction of sp³-hybridized carbons (Fsp3) is 0.833. The van der Waals surface area contributed by atoms with E-state index in [1.165, 1.54) is 13.5 Å². The normalized spacial score (nSPS) is 31.3. The molecule has 5 nitrogen and oxygen atoms in total. The number of methoxy groups -OCH3 is 1. The number of esters is 1. The molecule has 1 N–H and O–H groups in total. The fourth-order valence-corrected chi connectivity index (χ4v) is 2.82.